The Kier molecular flexibility index (Phi) is 3.58. The lowest BCUT2D eigenvalue weighted by Gasteiger charge is -2.33. The van der Waals surface area contributed by atoms with Gasteiger partial charge in [0.1, 0.15) is 17.4 Å². The molecule has 0 aromatic carbocycles. The van der Waals surface area contributed by atoms with Crippen LogP contribution >= 0.6 is 0 Å². The van der Waals surface area contributed by atoms with Crippen molar-refractivity contribution in [3.8, 4) is 12.3 Å². The molecule has 1 amide bonds. The molecule has 1 fully saturated rings. The van der Waals surface area contributed by atoms with Crippen molar-refractivity contribution in [1.29, 1.82) is 0 Å². The van der Waals surface area contributed by atoms with Crippen LogP contribution in [0, 0.1) is 12.3 Å². The van der Waals surface area contributed by atoms with Crippen molar-refractivity contribution in [2.24, 2.45) is 0 Å². The third-order valence-electron chi connectivity index (χ3n) is 2.25. The number of hydrogen-bond acceptors (Lipinski definition) is 3. The number of ketones is 1. The van der Waals surface area contributed by atoms with Crippen molar-refractivity contribution in [1.82, 2.24) is 4.90 Å². The van der Waals surface area contributed by atoms with E-state index < -0.39 is 17.7 Å². The third kappa shape index (κ3) is 3.27. The van der Waals surface area contributed by atoms with Gasteiger partial charge in [0.15, 0.2) is 0 Å². The number of amides is 1. The fourth-order valence-corrected chi connectivity index (χ4v) is 1.52. The summed E-state index contributed by atoms with van der Waals surface area (Å²) in [7, 11) is 0. The van der Waals surface area contributed by atoms with E-state index >= 15 is 0 Å². The predicted molar refractivity (Wildman–Crippen MR) is 59.8 cm³/mol. The van der Waals surface area contributed by atoms with Crippen LogP contribution in [0.25, 0.3) is 0 Å². The van der Waals surface area contributed by atoms with Gasteiger partial charge in [-0.05, 0) is 20.8 Å². The topological polar surface area (TPSA) is 46.6 Å². The molecule has 88 valence electrons. The van der Waals surface area contributed by atoms with E-state index in [1.807, 2.05) is 0 Å². The maximum Gasteiger partial charge on any atom is 0.411 e. The van der Waals surface area contributed by atoms with Crippen molar-refractivity contribution in [3.05, 3.63) is 0 Å². The highest BCUT2D eigenvalue weighted by atomic mass is 16.6. The second-order valence-corrected chi connectivity index (χ2v) is 4.85. The van der Waals surface area contributed by atoms with E-state index in [9.17, 15) is 9.59 Å². The molecule has 0 aromatic rings. The molecular weight excluding hydrogens is 206 g/mol. The number of rotatable bonds is 0. The predicted octanol–water partition coefficient (Wildman–Crippen LogP) is 1.59. The molecular formula is C12H17NO3. The molecule has 1 aliphatic heterocycles. The number of Topliss-reactive ketones (excluding diaryl/α,β-unsaturated/α-hetero) is 1. The molecule has 0 aliphatic carbocycles. The smallest absolute Gasteiger partial charge is 0.411 e. The third-order valence-corrected chi connectivity index (χ3v) is 2.25. The van der Waals surface area contributed by atoms with E-state index in [1.54, 1.807) is 20.8 Å². The van der Waals surface area contributed by atoms with Crippen LogP contribution in [0.4, 0.5) is 4.79 Å². The molecule has 0 aromatic heterocycles. The Morgan fingerprint density at radius 3 is 2.69 bits per heavy atom. The van der Waals surface area contributed by atoms with Gasteiger partial charge in [0.2, 0.25) is 0 Å². The number of piperidine rings is 1. The average Bonchev–Trinajstić information content (AvgIpc) is 2.14. The highest BCUT2D eigenvalue weighted by Gasteiger charge is 2.32. The first-order valence-electron chi connectivity index (χ1n) is 5.31. The Labute approximate surface area is 95.9 Å². The number of ether oxygens (including phenoxy) is 1. The second kappa shape index (κ2) is 4.56. The summed E-state index contributed by atoms with van der Waals surface area (Å²) in [6.07, 6.45) is 5.45. The summed E-state index contributed by atoms with van der Waals surface area (Å²) in [5.74, 6) is 2.56. The molecule has 0 saturated carbocycles. The lowest BCUT2D eigenvalue weighted by Crippen LogP contribution is -2.47. The molecule has 4 nitrogen and oxygen atoms in total. The minimum atomic E-state index is -0.544. The highest BCUT2D eigenvalue weighted by molar-refractivity contribution is 5.83. The molecule has 1 saturated heterocycles. The Balaban J connectivity index is 2.68. The lowest BCUT2D eigenvalue weighted by molar-refractivity contribution is -0.122. The van der Waals surface area contributed by atoms with Gasteiger partial charge >= 0.3 is 6.09 Å². The van der Waals surface area contributed by atoms with Crippen LogP contribution in [-0.2, 0) is 9.53 Å². The maximum atomic E-state index is 11.8. The summed E-state index contributed by atoms with van der Waals surface area (Å²) >= 11 is 0. The second-order valence-electron chi connectivity index (χ2n) is 4.85. The van der Waals surface area contributed by atoms with Crippen molar-refractivity contribution in [2.75, 3.05) is 6.54 Å². The molecule has 0 bridgehead atoms. The van der Waals surface area contributed by atoms with Gasteiger partial charge in [-0.1, -0.05) is 5.92 Å². The minimum Gasteiger partial charge on any atom is -0.444 e. The van der Waals surface area contributed by atoms with Gasteiger partial charge in [-0.3, -0.25) is 9.69 Å². The van der Waals surface area contributed by atoms with E-state index in [-0.39, 0.29) is 12.2 Å². The number of terminal acetylenes is 1. The summed E-state index contributed by atoms with van der Waals surface area (Å²) in [5, 5.41) is 0. The maximum absolute atomic E-state index is 11.8. The zero-order chi connectivity index (χ0) is 12.3. The van der Waals surface area contributed by atoms with Gasteiger partial charge in [0.25, 0.3) is 0 Å². The Bertz CT molecular complexity index is 335. The van der Waals surface area contributed by atoms with E-state index in [2.05, 4.69) is 5.92 Å². The molecule has 4 heteroatoms. The van der Waals surface area contributed by atoms with Crippen LogP contribution < -0.4 is 0 Å². The summed E-state index contributed by atoms with van der Waals surface area (Å²) in [4.78, 5) is 24.4. The molecule has 16 heavy (non-hydrogen) atoms. The van der Waals surface area contributed by atoms with Crippen LogP contribution in [0.15, 0.2) is 0 Å². The molecule has 0 spiro atoms. The van der Waals surface area contributed by atoms with Crippen LogP contribution in [0.5, 0.6) is 0 Å². The van der Waals surface area contributed by atoms with Crippen molar-refractivity contribution < 1.29 is 14.3 Å². The van der Waals surface area contributed by atoms with Gasteiger partial charge in [-0.15, -0.1) is 6.42 Å². The Hall–Kier alpha value is -1.50. The zero-order valence-electron chi connectivity index (χ0n) is 9.95. The van der Waals surface area contributed by atoms with Gasteiger partial charge in [0, 0.05) is 19.4 Å². The van der Waals surface area contributed by atoms with E-state index in [4.69, 9.17) is 11.2 Å². The van der Waals surface area contributed by atoms with Gasteiger partial charge in [-0.2, -0.15) is 0 Å². The molecule has 1 heterocycles. The van der Waals surface area contributed by atoms with Crippen LogP contribution in [0.2, 0.25) is 0 Å². The standard InChI is InChI=1S/C12H17NO3/c1-5-9-8-10(14)6-7-13(9)11(15)16-12(2,3)4/h1,9H,6-8H2,2-4H3/t9-/m1/s1. The molecule has 1 aliphatic rings. The first-order valence-corrected chi connectivity index (χ1v) is 5.31. The van der Waals surface area contributed by atoms with E-state index in [1.165, 1.54) is 4.90 Å². The first-order chi connectivity index (χ1) is 7.33. The van der Waals surface area contributed by atoms with Crippen LogP contribution in [0.3, 0.4) is 0 Å². The molecule has 0 N–H and O–H groups in total. The fourth-order valence-electron chi connectivity index (χ4n) is 1.52. The van der Waals surface area contributed by atoms with Crippen molar-refractivity contribution in [2.45, 2.75) is 45.3 Å². The molecule has 1 atom stereocenters. The SMILES string of the molecule is C#C[C@@H]1CC(=O)CCN1C(=O)OC(C)(C)C. The summed E-state index contributed by atoms with van der Waals surface area (Å²) in [6.45, 7) is 5.74. The van der Waals surface area contributed by atoms with Crippen LogP contribution in [0.1, 0.15) is 33.6 Å². The Morgan fingerprint density at radius 1 is 1.56 bits per heavy atom. The summed E-state index contributed by atoms with van der Waals surface area (Å²) < 4.78 is 5.22. The van der Waals surface area contributed by atoms with Crippen LogP contribution in [-0.4, -0.2) is 35.0 Å². The fraction of sp³-hybridized carbons (Fsp3) is 0.667. The first kappa shape index (κ1) is 12.6. The molecule has 0 radical (unpaired) electrons. The van der Waals surface area contributed by atoms with E-state index in [0.29, 0.717) is 13.0 Å². The summed E-state index contributed by atoms with van der Waals surface area (Å²) in [5.41, 5.74) is -0.544. The van der Waals surface area contributed by atoms with Gasteiger partial charge in [0.05, 0.1) is 0 Å². The average molecular weight is 223 g/mol. The van der Waals surface area contributed by atoms with E-state index in [0.717, 1.165) is 0 Å². The number of hydrogen-bond donors (Lipinski definition) is 0. The lowest BCUT2D eigenvalue weighted by atomic mass is 10.0. The van der Waals surface area contributed by atoms with Gasteiger partial charge < -0.3 is 4.74 Å². The monoisotopic (exact) mass is 223 g/mol. The number of likely N-dealkylation sites (tertiary alicyclic amines) is 1. The normalized spacial score (nSPS) is 21.5. The highest BCUT2D eigenvalue weighted by Crippen LogP contribution is 2.18. The summed E-state index contributed by atoms with van der Waals surface area (Å²) in [6, 6.07) is -0.462. The number of carbonyl (C=O) groups excluding carboxylic acids is 2. The number of nitrogens with zero attached hydrogens (tertiary/aromatic N) is 1. The zero-order valence-corrected chi connectivity index (χ0v) is 9.95. The number of carbonyl (C=O) groups is 2. The van der Waals surface area contributed by atoms with Crippen molar-refractivity contribution in [3.63, 3.8) is 0 Å². The molecule has 1 rings (SSSR count). The van der Waals surface area contributed by atoms with Gasteiger partial charge in [-0.25, -0.2) is 4.79 Å². The largest absolute Gasteiger partial charge is 0.444 e. The van der Waals surface area contributed by atoms with Crippen molar-refractivity contribution >= 4 is 11.9 Å². The Morgan fingerprint density at radius 2 is 2.19 bits per heavy atom. The molecule has 0 unspecified atom stereocenters. The quantitative estimate of drug-likeness (QED) is 0.586. The minimum absolute atomic E-state index is 0.0998.